The average Bonchev–Trinajstić information content (AvgIpc) is 2.06. The summed E-state index contributed by atoms with van der Waals surface area (Å²) in [5.74, 6) is -0.322. The Hall–Kier alpha value is -1.44. The quantitative estimate of drug-likeness (QED) is 0.636. The maximum absolute atomic E-state index is 12.8. The molecule has 13 heavy (non-hydrogen) atoms. The van der Waals surface area contributed by atoms with Crippen LogP contribution in [0.15, 0.2) is 24.3 Å². The van der Waals surface area contributed by atoms with Crippen LogP contribution < -0.4 is 0 Å². The molecule has 0 unspecified atom stereocenters. The van der Waals surface area contributed by atoms with E-state index >= 15 is 0 Å². The van der Waals surface area contributed by atoms with Gasteiger partial charge >= 0.3 is 0 Å². The Morgan fingerprint density at radius 3 is 2.77 bits per heavy atom. The van der Waals surface area contributed by atoms with Gasteiger partial charge in [-0.15, -0.1) is 0 Å². The number of rotatable bonds is 2. The lowest BCUT2D eigenvalue weighted by Gasteiger charge is -1.98. The standard InChI is InChI=1S/C11H11FO/c1-8-3-6-11(12)7-10(8)5-4-9(2)13/h3-7H,1-2H3. The average molecular weight is 178 g/mol. The summed E-state index contributed by atoms with van der Waals surface area (Å²) in [7, 11) is 0. The molecule has 68 valence electrons. The van der Waals surface area contributed by atoms with Crippen molar-refractivity contribution in [3.8, 4) is 0 Å². The van der Waals surface area contributed by atoms with Crippen molar-refractivity contribution in [3.63, 3.8) is 0 Å². The first-order chi connectivity index (χ1) is 6.09. The minimum absolute atomic E-state index is 0.0383. The highest BCUT2D eigenvalue weighted by Crippen LogP contribution is 2.11. The summed E-state index contributed by atoms with van der Waals surface area (Å²) in [6.45, 7) is 3.34. The van der Waals surface area contributed by atoms with Crippen molar-refractivity contribution in [2.24, 2.45) is 0 Å². The summed E-state index contributed by atoms with van der Waals surface area (Å²) in [5, 5.41) is 0. The number of hydrogen-bond donors (Lipinski definition) is 0. The fourth-order valence-electron chi connectivity index (χ4n) is 0.998. The lowest BCUT2D eigenvalue weighted by molar-refractivity contribution is -0.112. The lowest BCUT2D eigenvalue weighted by atomic mass is 10.1. The van der Waals surface area contributed by atoms with E-state index in [-0.39, 0.29) is 11.6 Å². The number of carbonyl (C=O) groups is 1. The lowest BCUT2D eigenvalue weighted by Crippen LogP contribution is -1.85. The van der Waals surface area contributed by atoms with Crippen molar-refractivity contribution in [1.29, 1.82) is 0 Å². The molecule has 0 heterocycles. The molecule has 1 aromatic rings. The van der Waals surface area contributed by atoms with Crippen molar-refractivity contribution >= 4 is 11.9 Å². The molecular weight excluding hydrogens is 167 g/mol. The van der Waals surface area contributed by atoms with Crippen LogP contribution in [-0.2, 0) is 4.79 Å². The van der Waals surface area contributed by atoms with Crippen molar-refractivity contribution in [2.75, 3.05) is 0 Å². The molecule has 0 spiro atoms. The summed E-state index contributed by atoms with van der Waals surface area (Å²) < 4.78 is 12.8. The Morgan fingerprint density at radius 2 is 2.15 bits per heavy atom. The predicted octanol–water partition coefficient (Wildman–Crippen LogP) is 2.74. The normalized spacial score (nSPS) is 10.7. The Bertz CT molecular complexity index is 353. The number of carbonyl (C=O) groups excluding carboxylic acids is 1. The van der Waals surface area contributed by atoms with Gasteiger partial charge in [0, 0.05) is 0 Å². The Labute approximate surface area is 76.9 Å². The van der Waals surface area contributed by atoms with Gasteiger partial charge in [-0.3, -0.25) is 4.79 Å². The van der Waals surface area contributed by atoms with Crippen LogP contribution in [0.1, 0.15) is 18.1 Å². The van der Waals surface area contributed by atoms with Crippen molar-refractivity contribution in [2.45, 2.75) is 13.8 Å². The zero-order valence-corrected chi connectivity index (χ0v) is 7.67. The summed E-state index contributed by atoms with van der Waals surface area (Å²) in [4.78, 5) is 10.6. The van der Waals surface area contributed by atoms with Gasteiger partial charge < -0.3 is 0 Å². The summed E-state index contributed by atoms with van der Waals surface area (Å²) in [6, 6.07) is 4.50. The third-order valence-corrected chi connectivity index (χ3v) is 1.74. The summed E-state index contributed by atoms with van der Waals surface area (Å²) in [5.41, 5.74) is 1.70. The molecule has 0 fully saturated rings. The van der Waals surface area contributed by atoms with Crippen LogP contribution in [0.2, 0.25) is 0 Å². The van der Waals surface area contributed by atoms with E-state index in [2.05, 4.69) is 0 Å². The molecule has 0 bridgehead atoms. The largest absolute Gasteiger partial charge is 0.295 e. The van der Waals surface area contributed by atoms with Gasteiger partial charge in [0.1, 0.15) is 5.82 Å². The molecule has 0 aliphatic carbocycles. The van der Waals surface area contributed by atoms with Crippen LogP contribution in [0, 0.1) is 12.7 Å². The molecule has 0 saturated carbocycles. The minimum Gasteiger partial charge on any atom is -0.295 e. The molecule has 0 saturated heterocycles. The minimum atomic E-state index is -0.284. The van der Waals surface area contributed by atoms with Gasteiger partial charge in [0.2, 0.25) is 0 Å². The van der Waals surface area contributed by atoms with Gasteiger partial charge in [-0.1, -0.05) is 12.1 Å². The van der Waals surface area contributed by atoms with E-state index in [1.807, 2.05) is 6.92 Å². The van der Waals surface area contributed by atoms with E-state index in [9.17, 15) is 9.18 Å². The van der Waals surface area contributed by atoms with E-state index in [4.69, 9.17) is 0 Å². The molecule has 0 aliphatic heterocycles. The van der Waals surface area contributed by atoms with Crippen molar-refractivity contribution < 1.29 is 9.18 Å². The molecule has 0 amide bonds. The fraction of sp³-hybridized carbons (Fsp3) is 0.182. The zero-order valence-electron chi connectivity index (χ0n) is 7.67. The van der Waals surface area contributed by atoms with Crippen molar-refractivity contribution in [1.82, 2.24) is 0 Å². The van der Waals surface area contributed by atoms with E-state index in [1.165, 1.54) is 25.1 Å². The molecule has 0 atom stereocenters. The second kappa shape index (κ2) is 3.99. The van der Waals surface area contributed by atoms with Crippen LogP contribution in [0.3, 0.4) is 0 Å². The Balaban J connectivity index is 3.00. The van der Waals surface area contributed by atoms with Gasteiger partial charge in [0.15, 0.2) is 5.78 Å². The van der Waals surface area contributed by atoms with E-state index in [1.54, 1.807) is 12.1 Å². The summed E-state index contributed by atoms with van der Waals surface area (Å²) in [6.07, 6.45) is 3.06. The molecule has 1 nitrogen and oxygen atoms in total. The number of ketones is 1. The second-order valence-corrected chi connectivity index (χ2v) is 2.94. The molecule has 0 aromatic heterocycles. The monoisotopic (exact) mass is 178 g/mol. The first kappa shape index (κ1) is 9.65. The number of aryl methyl sites for hydroxylation is 1. The van der Waals surface area contributed by atoms with E-state index < -0.39 is 0 Å². The van der Waals surface area contributed by atoms with Crippen LogP contribution in [0.5, 0.6) is 0 Å². The molecule has 0 aliphatic rings. The van der Waals surface area contributed by atoms with Gasteiger partial charge in [-0.05, 0) is 43.2 Å². The second-order valence-electron chi connectivity index (χ2n) is 2.94. The predicted molar refractivity (Wildman–Crippen MR) is 50.9 cm³/mol. The smallest absolute Gasteiger partial charge is 0.152 e. The molecule has 1 rings (SSSR count). The maximum atomic E-state index is 12.8. The van der Waals surface area contributed by atoms with Crippen LogP contribution in [0.25, 0.3) is 6.08 Å². The van der Waals surface area contributed by atoms with E-state index in [0.717, 1.165) is 11.1 Å². The van der Waals surface area contributed by atoms with E-state index in [0.29, 0.717) is 0 Å². The molecule has 0 radical (unpaired) electrons. The zero-order chi connectivity index (χ0) is 9.84. The topological polar surface area (TPSA) is 17.1 Å². The van der Waals surface area contributed by atoms with Crippen LogP contribution in [-0.4, -0.2) is 5.78 Å². The maximum Gasteiger partial charge on any atom is 0.152 e. The van der Waals surface area contributed by atoms with Crippen LogP contribution >= 0.6 is 0 Å². The number of hydrogen-bond acceptors (Lipinski definition) is 1. The third-order valence-electron chi connectivity index (χ3n) is 1.74. The number of allylic oxidation sites excluding steroid dienone is 1. The van der Waals surface area contributed by atoms with Gasteiger partial charge in [-0.25, -0.2) is 4.39 Å². The highest BCUT2D eigenvalue weighted by molar-refractivity contribution is 5.91. The molecule has 2 heteroatoms. The van der Waals surface area contributed by atoms with Gasteiger partial charge in [0.05, 0.1) is 0 Å². The highest BCUT2D eigenvalue weighted by Gasteiger charge is 1.96. The highest BCUT2D eigenvalue weighted by atomic mass is 19.1. The molecule has 1 aromatic carbocycles. The number of benzene rings is 1. The van der Waals surface area contributed by atoms with Gasteiger partial charge in [-0.2, -0.15) is 0 Å². The molecular formula is C11H11FO. The first-order valence-corrected chi connectivity index (χ1v) is 4.04. The molecule has 0 N–H and O–H groups in total. The number of halogens is 1. The Kier molecular flexibility index (Phi) is 2.96. The third kappa shape index (κ3) is 2.82. The van der Waals surface area contributed by atoms with Crippen LogP contribution in [0.4, 0.5) is 4.39 Å². The summed E-state index contributed by atoms with van der Waals surface area (Å²) >= 11 is 0. The fourth-order valence-corrected chi connectivity index (χ4v) is 0.998. The SMILES string of the molecule is CC(=O)C=Cc1cc(F)ccc1C. The Morgan fingerprint density at radius 1 is 1.46 bits per heavy atom. The first-order valence-electron chi connectivity index (χ1n) is 4.04. The van der Waals surface area contributed by atoms with Crippen molar-refractivity contribution in [3.05, 3.63) is 41.2 Å². The van der Waals surface area contributed by atoms with Gasteiger partial charge in [0.25, 0.3) is 0 Å².